The van der Waals surface area contributed by atoms with Crippen LogP contribution in [0.3, 0.4) is 0 Å². The number of carbonyl (C=O) groups excluding carboxylic acids is 2. The smallest absolute Gasteiger partial charge is 0.276 e. The number of amides is 2. The number of carbonyl (C=O) groups is 2. The van der Waals surface area contributed by atoms with Crippen molar-refractivity contribution in [2.75, 3.05) is 13.2 Å². The molecule has 2 rings (SSSR count). The molecule has 0 atom stereocenters. The third-order valence-electron chi connectivity index (χ3n) is 3.67. The van der Waals surface area contributed by atoms with Crippen LogP contribution in [-0.2, 0) is 9.59 Å². The zero-order valence-corrected chi connectivity index (χ0v) is 18.9. The van der Waals surface area contributed by atoms with Crippen molar-refractivity contribution < 1.29 is 19.1 Å². The van der Waals surface area contributed by atoms with E-state index in [0.717, 1.165) is 21.3 Å². The molecule has 0 saturated heterocycles. The van der Waals surface area contributed by atoms with Crippen LogP contribution >= 0.6 is 28.1 Å². The van der Waals surface area contributed by atoms with E-state index in [2.05, 4.69) is 32.1 Å². The first kappa shape index (κ1) is 23.4. The Balaban J connectivity index is 1.70. The lowest BCUT2D eigenvalue weighted by Gasteiger charge is -2.11. The molecule has 0 bridgehead atoms. The van der Waals surface area contributed by atoms with Gasteiger partial charge in [-0.1, -0.05) is 28.1 Å². The number of thiocarbonyl (C=S) groups is 1. The van der Waals surface area contributed by atoms with Gasteiger partial charge in [0.25, 0.3) is 5.91 Å². The van der Waals surface area contributed by atoms with Gasteiger partial charge in [0.2, 0.25) is 5.91 Å². The molecule has 0 saturated carbocycles. The molecule has 2 aromatic carbocycles. The molecule has 0 unspecified atom stereocenters. The Hall–Kier alpha value is -2.91. The zero-order chi connectivity index (χ0) is 21.9. The Morgan fingerprint density at radius 2 is 1.77 bits per heavy atom. The quantitative estimate of drug-likeness (QED) is 0.313. The predicted molar refractivity (Wildman–Crippen MR) is 123 cm³/mol. The number of benzene rings is 2. The number of rotatable bonds is 7. The van der Waals surface area contributed by atoms with Gasteiger partial charge in [0, 0.05) is 10.5 Å². The molecule has 0 aliphatic heterocycles. The van der Waals surface area contributed by atoms with E-state index in [1.54, 1.807) is 12.1 Å². The number of aryl methyl sites for hydroxylation is 1. The van der Waals surface area contributed by atoms with Crippen LogP contribution in [-0.4, -0.2) is 30.1 Å². The monoisotopic (exact) mass is 491 g/mol. The fraction of sp³-hybridized carbons (Fsp3) is 0.190. The van der Waals surface area contributed by atoms with Crippen LogP contribution in [0.5, 0.6) is 11.5 Å². The van der Waals surface area contributed by atoms with Gasteiger partial charge >= 0.3 is 0 Å². The lowest BCUT2D eigenvalue weighted by atomic mass is 10.2. The second-order valence-corrected chi connectivity index (χ2v) is 7.29. The lowest BCUT2D eigenvalue weighted by Crippen LogP contribution is -2.49. The maximum Gasteiger partial charge on any atom is 0.276 e. The Morgan fingerprint density at radius 1 is 1.07 bits per heavy atom. The summed E-state index contributed by atoms with van der Waals surface area (Å²) in [5.41, 5.74) is 6.64. The Labute approximate surface area is 188 Å². The third kappa shape index (κ3) is 8.22. The summed E-state index contributed by atoms with van der Waals surface area (Å²) in [6, 6.07) is 12.7. The summed E-state index contributed by atoms with van der Waals surface area (Å²) in [5.74, 6) is 0.454. The minimum absolute atomic E-state index is 0.0378. The fourth-order valence-corrected chi connectivity index (χ4v) is 2.62. The van der Waals surface area contributed by atoms with Crippen LogP contribution in [0.15, 0.2) is 53.0 Å². The minimum Gasteiger partial charge on any atom is -0.494 e. The third-order valence-corrected chi connectivity index (χ3v) is 4.76. The second-order valence-electron chi connectivity index (χ2n) is 6.03. The SMILES string of the molecule is CCOc1ccc(/C=C/C(=O)NC(=S)NNC(=O)COc2ccc(Br)c(C)c2)cc1. The highest BCUT2D eigenvalue weighted by Crippen LogP contribution is 2.21. The first-order chi connectivity index (χ1) is 14.4. The van der Waals surface area contributed by atoms with E-state index >= 15 is 0 Å². The average molecular weight is 492 g/mol. The highest BCUT2D eigenvalue weighted by molar-refractivity contribution is 9.10. The van der Waals surface area contributed by atoms with Gasteiger partial charge in [-0.25, -0.2) is 0 Å². The first-order valence-corrected chi connectivity index (χ1v) is 10.3. The average Bonchev–Trinajstić information content (AvgIpc) is 2.73. The topological polar surface area (TPSA) is 88.7 Å². The Bertz CT molecular complexity index is 932. The summed E-state index contributed by atoms with van der Waals surface area (Å²) in [5, 5.41) is 2.40. The number of hydrogen-bond donors (Lipinski definition) is 3. The first-order valence-electron chi connectivity index (χ1n) is 9.07. The van der Waals surface area contributed by atoms with Crippen LogP contribution in [0.2, 0.25) is 0 Å². The van der Waals surface area contributed by atoms with Crippen molar-refractivity contribution in [3.63, 3.8) is 0 Å². The van der Waals surface area contributed by atoms with Crippen LogP contribution < -0.4 is 25.6 Å². The van der Waals surface area contributed by atoms with E-state index in [0.29, 0.717) is 12.4 Å². The molecule has 0 radical (unpaired) electrons. The van der Waals surface area contributed by atoms with Crippen molar-refractivity contribution >= 4 is 51.2 Å². The molecule has 2 aromatic rings. The van der Waals surface area contributed by atoms with Crippen molar-refractivity contribution in [1.82, 2.24) is 16.2 Å². The number of nitrogens with one attached hydrogen (secondary N) is 3. The van der Waals surface area contributed by atoms with Gasteiger partial charge in [-0.3, -0.25) is 25.8 Å². The van der Waals surface area contributed by atoms with E-state index in [-0.39, 0.29) is 11.7 Å². The molecule has 3 N–H and O–H groups in total. The summed E-state index contributed by atoms with van der Waals surface area (Å²) in [6.45, 7) is 4.22. The number of hydrogen-bond acceptors (Lipinski definition) is 5. The number of halogens is 1. The minimum atomic E-state index is -0.447. The van der Waals surface area contributed by atoms with Crippen molar-refractivity contribution in [2.45, 2.75) is 13.8 Å². The second kappa shape index (κ2) is 11.9. The number of ether oxygens (including phenoxy) is 2. The molecule has 7 nitrogen and oxygen atoms in total. The molecular formula is C21H22BrN3O4S. The van der Waals surface area contributed by atoms with Crippen molar-refractivity contribution in [3.8, 4) is 11.5 Å². The van der Waals surface area contributed by atoms with Gasteiger partial charge < -0.3 is 9.47 Å². The van der Waals surface area contributed by atoms with E-state index in [9.17, 15) is 9.59 Å². The van der Waals surface area contributed by atoms with E-state index < -0.39 is 11.8 Å². The molecule has 0 fully saturated rings. The van der Waals surface area contributed by atoms with Gasteiger partial charge in [-0.15, -0.1) is 0 Å². The van der Waals surface area contributed by atoms with Gasteiger partial charge in [0.1, 0.15) is 11.5 Å². The van der Waals surface area contributed by atoms with E-state index in [4.69, 9.17) is 21.7 Å². The van der Waals surface area contributed by atoms with Crippen molar-refractivity contribution in [2.24, 2.45) is 0 Å². The highest BCUT2D eigenvalue weighted by atomic mass is 79.9. The molecule has 30 heavy (non-hydrogen) atoms. The molecule has 0 aliphatic rings. The molecule has 9 heteroatoms. The van der Waals surface area contributed by atoms with Crippen LogP contribution in [0.25, 0.3) is 6.08 Å². The molecule has 158 valence electrons. The molecule has 0 spiro atoms. The summed E-state index contributed by atoms with van der Waals surface area (Å²) >= 11 is 8.38. The van der Waals surface area contributed by atoms with Gasteiger partial charge in [-0.05, 0) is 73.6 Å². The normalized spacial score (nSPS) is 10.4. The van der Waals surface area contributed by atoms with Crippen LogP contribution in [0.1, 0.15) is 18.1 Å². The van der Waals surface area contributed by atoms with E-state index in [1.165, 1.54) is 6.08 Å². The van der Waals surface area contributed by atoms with Crippen LogP contribution in [0, 0.1) is 6.92 Å². The maximum atomic E-state index is 11.9. The Kier molecular flexibility index (Phi) is 9.30. The van der Waals surface area contributed by atoms with Crippen molar-refractivity contribution in [3.05, 3.63) is 64.1 Å². The zero-order valence-electron chi connectivity index (χ0n) is 16.5. The highest BCUT2D eigenvalue weighted by Gasteiger charge is 2.06. The van der Waals surface area contributed by atoms with E-state index in [1.807, 2.05) is 50.2 Å². The van der Waals surface area contributed by atoms with Crippen molar-refractivity contribution in [1.29, 1.82) is 0 Å². The lowest BCUT2D eigenvalue weighted by molar-refractivity contribution is -0.123. The largest absolute Gasteiger partial charge is 0.494 e. The maximum absolute atomic E-state index is 11.9. The Morgan fingerprint density at radius 3 is 2.43 bits per heavy atom. The van der Waals surface area contributed by atoms with Gasteiger partial charge in [-0.2, -0.15) is 0 Å². The molecular weight excluding hydrogens is 470 g/mol. The summed E-state index contributed by atoms with van der Waals surface area (Å²) in [4.78, 5) is 23.8. The molecule has 0 aromatic heterocycles. The number of hydrazine groups is 1. The van der Waals surface area contributed by atoms with Gasteiger partial charge in [0.05, 0.1) is 6.61 Å². The predicted octanol–water partition coefficient (Wildman–Crippen LogP) is 3.27. The molecule has 0 heterocycles. The fourth-order valence-electron chi connectivity index (χ4n) is 2.22. The summed E-state index contributed by atoms with van der Waals surface area (Å²) in [6.07, 6.45) is 2.98. The summed E-state index contributed by atoms with van der Waals surface area (Å²) in [7, 11) is 0. The molecule has 2 amide bonds. The molecule has 0 aliphatic carbocycles. The summed E-state index contributed by atoms with van der Waals surface area (Å²) < 4.78 is 11.7. The van der Waals surface area contributed by atoms with Gasteiger partial charge in [0.15, 0.2) is 11.7 Å². The van der Waals surface area contributed by atoms with Crippen LogP contribution in [0.4, 0.5) is 0 Å². The standard InChI is InChI=1S/C21H22BrN3O4S/c1-3-28-16-7-4-15(5-8-16)6-11-19(26)23-21(30)25-24-20(27)13-29-17-9-10-18(22)14(2)12-17/h4-12H,3,13H2,1-2H3,(H,24,27)(H2,23,25,26,30)/b11-6+.